The minimum absolute atomic E-state index is 0.766. The molecule has 0 aromatic heterocycles. The largest absolute Gasteiger partial charge is 0.314 e. The first-order valence-electron chi connectivity index (χ1n) is 6.94. The van der Waals surface area contributed by atoms with Gasteiger partial charge in [0, 0.05) is 6.04 Å². The van der Waals surface area contributed by atoms with Crippen LogP contribution in [0.15, 0.2) is 0 Å². The summed E-state index contributed by atoms with van der Waals surface area (Å²) in [5, 5.41) is 3.68. The van der Waals surface area contributed by atoms with Gasteiger partial charge in [0.2, 0.25) is 0 Å². The van der Waals surface area contributed by atoms with Crippen LogP contribution in [0.2, 0.25) is 0 Å². The fourth-order valence-corrected chi connectivity index (χ4v) is 2.04. The van der Waals surface area contributed by atoms with Gasteiger partial charge in [0.15, 0.2) is 0 Å². The molecule has 0 heterocycles. The van der Waals surface area contributed by atoms with Crippen molar-refractivity contribution in [3.8, 4) is 0 Å². The number of unbranched alkanes of at least 4 members (excludes halogenated alkanes) is 3. The molecule has 1 N–H and O–H groups in total. The minimum atomic E-state index is 0.766. The standard InChI is InChI=1S/C14H31N/c1-5-7-8-9-10-14(12-13(3)4)15-11-6-2/h13-15H,5-12H2,1-4H3. The monoisotopic (exact) mass is 213 g/mol. The second-order valence-electron chi connectivity index (χ2n) is 5.13. The summed E-state index contributed by atoms with van der Waals surface area (Å²) in [6.45, 7) is 10.4. The molecule has 0 amide bonds. The van der Waals surface area contributed by atoms with E-state index in [9.17, 15) is 0 Å². The van der Waals surface area contributed by atoms with E-state index < -0.39 is 0 Å². The summed E-state index contributed by atoms with van der Waals surface area (Å²) in [5.74, 6) is 0.825. The Hall–Kier alpha value is -0.0400. The van der Waals surface area contributed by atoms with Crippen LogP contribution in [-0.2, 0) is 0 Å². The lowest BCUT2D eigenvalue weighted by atomic mass is 9.98. The zero-order chi connectivity index (χ0) is 11.5. The summed E-state index contributed by atoms with van der Waals surface area (Å²) in [6.07, 6.45) is 9.54. The third-order valence-electron chi connectivity index (χ3n) is 2.85. The van der Waals surface area contributed by atoms with E-state index in [2.05, 4.69) is 33.0 Å². The van der Waals surface area contributed by atoms with Crippen LogP contribution in [0.25, 0.3) is 0 Å². The maximum atomic E-state index is 3.68. The smallest absolute Gasteiger partial charge is 0.00694 e. The summed E-state index contributed by atoms with van der Waals surface area (Å²) in [4.78, 5) is 0. The fourth-order valence-electron chi connectivity index (χ4n) is 2.04. The number of hydrogen-bond acceptors (Lipinski definition) is 1. The van der Waals surface area contributed by atoms with E-state index in [0.29, 0.717) is 0 Å². The number of rotatable bonds is 10. The first-order valence-corrected chi connectivity index (χ1v) is 6.94. The molecule has 1 atom stereocenters. The van der Waals surface area contributed by atoms with E-state index in [1.807, 2.05) is 0 Å². The molecular weight excluding hydrogens is 182 g/mol. The van der Waals surface area contributed by atoms with Crippen molar-refractivity contribution >= 4 is 0 Å². The highest BCUT2D eigenvalue weighted by Crippen LogP contribution is 2.12. The average Bonchev–Trinajstić information content (AvgIpc) is 2.19. The average molecular weight is 213 g/mol. The van der Waals surface area contributed by atoms with Crippen LogP contribution in [-0.4, -0.2) is 12.6 Å². The molecule has 0 radical (unpaired) electrons. The van der Waals surface area contributed by atoms with Crippen LogP contribution in [0.1, 0.15) is 72.6 Å². The summed E-state index contributed by atoms with van der Waals surface area (Å²) >= 11 is 0. The van der Waals surface area contributed by atoms with E-state index in [4.69, 9.17) is 0 Å². The topological polar surface area (TPSA) is 12.0 Å². The Balaban J connectivity index is 3.59. The second kappa shape index (κ2) is 10.5. The summed E-state index contributed by atoms with van der Waals surface area (Å²) in [6, 6.07) is 0.766. The lowest BCUT2D eigenvalue weighted by molar-refractivity contribution is 0.385. The van der Waals surface area contributed by atoms with Gasteiger partial charge in [-0.2, -0.15) is 0 Å². The minimum Gasteiger partial charge on any atom is -0.314 e. The lowest BCUT2D eigenvalue weighted by Crippen LogP contribution is -2.31. The molecule has 0 aromatic carbocycles. The van der Waals surface area contributed by atoms with Crippen molar-refractivity contribution in [1.29, 1.82) is 0 Å². The van der Waals surface area contributed by atoms with Crippen molar-refractivity contribution < 1.29 is 0 Å². The Kier molecular flexibility index (Phi) is 10.4. The van der Waals surface area contributed by atoms with Gasteiger partial charge in [0.25, 0.3) is 0 Å². The van der Waals surface area contributed by atoms with Crippen molar-refractivity contribution in [2.24, 2.45) is 5.92 Å². The molecule has 0 aliphatic carbocycles. The first-order chi connectivity index (χ1) is 7.20. The second-order valence-corrected chi connectivity index (χ2v) is 5.13. The van der Waals surface area contributed by atoms with Crippen molar-refractivity contribution in [1.82, 2.24) is 5.32 Å². The van der Waals surface area contributed by atoms with E-state index in [1.54, 1.807) is 0 Å². The van der Waals surface area contributed by atoms with Gasteiger partial charge in [0.05, 0.1) is 0 Å². The molecule has 0 saturated carbocycles. The van der Waals surface area contributed by atoms with E-state index in [0.717, 1.165) is 12.0 Å². The van der Waals surface area contributed by atoms with Gasteiger partial charge in [-0.05, 0) is 31.7 Å². The Labute approximate surface area is 97.0 Å². The third-order valence-corrected chi connectivity index (χ3v) is 2.85. The molecule has 15 heavy (non-hydrogen) atoms. The van der Waals surface area contributed by atoms with Crippen molar-refractivity contribution in [2.45, 2.75) is 78.7 Å². The van der Waals surface area contributed by atoms with Gasteiger partial charge >= 0.3 is 0 Å². The van der Waals surface area contributed by atoms with Crippen molar-refractivity contribution in [3.63, 3.8) is 0 Å². The van der Waals surface area contributed by atoms with Gasteiger partial charge in [-0.1, -0.05) is 53.4 Å². The molecule has 0 bridgehead atoms. The highest BCUT2D eigenvalue weighted by molar-refractivity contribution is 4.68. The van der Waals surface area contributed by atoms with Crippen molar-refractivity contribution in [3.05, 3.63) is 0 Å². The molecule has 0 saturated heterocycles. The number of hydrogen-bond donors (Lipinski definition) is 1. The Morgan fingerprint density at radius 1 is 0.933 bits per heavy atom. The van der Waals surface area contributed by atoms with E-state index >= 15 is 0 Å². The van der Waals surface area contributed by atoms with Gasteiger partial charge in [-0.3, -0.25) is 0 Å². The molecule has 0 rings (SSSR count). The molecule has 0 aromatic rings. The van der Waals surface area contributed by atoms with Crippen LogP contribution in [0.3, 0.4) is 0 Å². The molecule has 1 heteroatoms. The quantitative estimate of drug-likeness (QED) is 0.531. The third kappa shape index (κ3) is 10.2. The summed E-state index contributed by atoms with van der Waals surface area (Å²) in [7, 11) is 0. The van der Waals surface area contributed by atoms with E-state index in [1.165, 1.54) is 51.5 Å². The summed E-state index contributed by atoms with van der Waals surface area (Å²) < 4.78 is 0. The van der Waals surface area contributed by atoms with Gasteiger partial charge in [0.1, 0.15) is 0 Å². The highest BCUT2D eigenvalue weighted by atomic mass is 14.9. The normalized spacial score (nSPS) is 13.4. The predicted molar refractivity (Wildman–Crippen MR) is 70.3 cm³/mol. The van der Waals surface area contributed by atoms with Crippen molar-refractivity contribution in [2.75, 3.05) is 6.54 Å². The van der Waals surface area contributed by atoms with Gasteiger partial charge in [-0.15, -0.1) is 0 Å². The zero-order valence-corrected chi connectivity index (χ0v) is 11.3. The zero-order valence-electron chi connectivity index (χ0n) is 11.3. The van der Waals surface area contributed by atoms with Crippen LogP contribution in [0.4, 0.5) is 0 Å². The predicted octanol–water partition coefficient (Wildman–Crippen LogP) is 4.37. The maximum Gasteiger partial charge on any atom is 0.00694 e. The Bertz CT molecular complexity index is 121. The molecule has 1 unspecified atom stereocenters. The molecule has 92 valence electrons. The molecule has 0 aliphatic rings. The lowest BCUT2D eigenvalue weighted by Gasteiger charge is -2.20. The molecule has 0 aliphatic heterocycles. The van der Waals surface area contributed by atoms with Crippen LogP contribution >= 0.6 is 0 Å². The van der Waals surface area contributed by atoms with Gasteiger partial charge in [-0.25, -0.2) is 0 Å². The molecule has 0 fully saturated rings. The molecule has 0 spiro atoms. The van der Waals surface area contributed by atoms with E-state index in [-0.39, 0.29) is 0 Å². The fraction of sp³-hybridized carbons (Fsp3) is 1.00. The van der Waals surface area contributed by atoms with Gasteiger partial charge < -0.3 is 5.32 Å². The SMILES string of the molecule is CCCCCCC(CC(C)C)NCCC. The first kappa shape index (κ1) is 15.0. The van der Waals surface area contributed by atoms with Crippen LogP contribution in [0.5, 0.6) is 0 Å². The summed E-state index contributed by atoms with van der Waals surface area (Å²) in [5.41, 5.74) is 0. The Morgan fingerprint density at radius 2 is 1.67 bits per heavy atom. The molecular formula is C14H31N. The number of nitrogens with one attached hydrogen (secondary N) is 1. The van der Waals surface area contributed by atoms with Crippen LogP contribution in [0, 0.1) is 5.92 Å². The highest BCUT2D eigenvalue weighted by Gasteiger charge is 2.09. The maximum absolute atomic E-state index is 3.68. The Morgan fingerprint density at radius 3 is 2.20 bits per heavy atom. The van der Waals surface area contributed by atoms with Crippen LogP contribution < -0.4 is 5.32 Å². The molecule has 1 nitrogen and oxygen atoms in total.